The Morgan fingerprint density at radius 3 is 2.25 bits per heavy atom. The molecule has 0 saturated heterocycles. The highest BCUT2D eigenvalue weighted by Gasteiger charge is 2.32. The summed E-state index contributed by atoms with van der Waals surface area (Å²) < 4.78 is 47.8. The lowest BCUT2D eigenvalue weighted by molar-refractivity contribution is -0.137. The molecule has 2 nitrogen and oxygen atoms in total. The average molecular weight is 295 g/mol. The van der Waals surface area contributed by atoms with E-state index in [-0.39, 0.29) is 0 Å². The Hall–Kier alpha value is -1.17. The lowest BCUT2D eigenvalue weighted by Crippen LogP contribution is -2.07. The quantitative estimate of drug-likeness (QED) is 0.780. The van der Waals surface area contributed by atoms with Crippen LogP contribution in [0, 0.1) is 0 Å². The summed E-state index contributed by atoms with van der Waals surface area (Å²) in [6.45, 7) is 0. The summed E-state index contributed by atoms with van der Waals surface area (Å²) in [5, 5.41) is 0. The minimum Gasteiger partial charge on any atom is -0.455 e. The Kier molecular flexibility index (Phi) is 2.84. The summed E-state index contributed by atoms with van der Waals surface area (Å²) in [7, 11) is 0. The van der Waals surface area contributed by atoms with Gasteiger partial charge in [0.05, 0.1) is 5.56 Å². The van der Waals surface area contributed by atoms with Crippen molar-refractivity contribution in [2.24, 2.45) is 0 Å². The molecule has 0 fully saturated rings. The van der Waals surface area contributed by atoms with Crippen LogP contribution >= 0.6 is 15.9 Å². The van der Waals surface area contributed by atoms with Gasteiger partial charge in [0.2, 0.25) is 0 Å². The number of rotatable bonds is 1. The van der Waals surface area contributed by atoms with Crippen LogP contribution in [-0.4, -0.2) is 0 Å². The van der Waals surface area contributed by atoms with Crippen molar-refractivity contribution in [1.29, 1.82) is 0 Å². The Balaban J connectivity index is 2.36. The van der Waals surface area contributed by atoms with Crippen LogP contribution < -0.4 is 0 Å². The molecule has 6 heteroatoms. The molecule has 0 bridgehead atoms. The van der Waals surface area contributed by atoms with Crippen molar-refractivity contribution >= 4 is 15.9 Å². The number of hydrogen-bond acceptors (Lipinski definition) is 2. The summed E-state index contributed by atoms with van der Waals surface area (Å²) in [6.07, 6.45) is -2.61. The highest BCUT2D eigenvalue weighted by Crippen LogP contribution is 2.35. The molecule has 1 aliphatic rings. The molecule has 86 valence electrons. The van der Waals surface area contributed by atoms with Crippen LogP contribution in [0.15, 0.2) is 35.2 Å². The highest BCUT2D eigenvalue weighted by atomic mass is 79.9. The van der Waals surface area contributed by atoms with Crippen molar-refractivity contribution in [3.05, 3.63) is 46.3 Å². The van der Waals surface area contributed by atoms with Gasteiger partial charge in [-0.1, -0.05) is 15.9 Å². The molecule has 0 saturated carbocycles. The van der Waals surface area contributed by atoms with E-state index in [4.69, 9.17) is 9.47 Å². The third kappa shape index (κ3) is 2.32. The van der Waals surface area contributed by atoms with Gasteiger partial charge in [-0.05, 0) is 18.2 Å². The van der Waals surface area contributed by atoms with E-state index >= 15 is 0 Å². The van der Waals surface area contributed by atoms with Crippen LogP contribution in [0.2, 0.25) is 0 Å². The summed E-state index contributed by atoms with van der Waals surface area (Å²) in [6, 6.07) is 3.53. The van der Waals surface area contributed by atoms with E-state index in [0.717, 1.165) is 12.1 Å². The molecule has 0 spiro atoms. The second kappa shape index (κ2) is 4.01. The molecule has 2 rings (SSSR count). The van der Waals surface area contributed by atoms with Crippen molar-refractivity contribution in [3.8, 4) is 0 Å². The highest BCUT2D eigenvalue weighted by molar-refractivity contribution is 9.10. The van der Waals surface area contributed by atoms with Gasteiger partial charge in [-0.3, -0.25) is 0 Å². The maximum absolute atomic E-state index is 12.5. The number of benzene rings is 1. The van der Waals surface area contributed by atoms with E-state index in [1.807, 2.05) is 0 Å². The minimum atomic E-state index is -4.38. The molecule has 0 aromatic heterocycles. The monoisotopic (exact) mass is 294 g/mol. The molecule has 0 amide bonds. The molecule has 0 atom stereocenters. The smallest absolute Gasteiger partial charge is 0.416 e. The molecular formula is C10H6BrF3O2. The first kappa shape index (κ1) is 11.3. The molecule has 16 heavy (non-hydrogen) atoms. The fourth-order valence-electron chi connectivity index (χ4n) is 1.31. The van der Waals surface area contributed by atoms with Crippen LogP contribution in [0.1, 0.15) is 17.4 Å². The van der Waals surface area contributed by atoms with Gasteiger partial charge in [-0.25, -0.2) is 0 Å². The van der Waals surface area contributed by atoms with Crippen molar-refractivity contribution in [3.63, 3.8) is 0 Å². The van der Waals surface area contributed by atoms with Crippen molar-refractivity contribution in [2.75, 3.05) is 0 Å². The van der Waals surface area contributed by atoms with Gasteiger partial charge in [0.1, 0.15) is 12.5 Å². The van der Waals surface area contributed by atoms with Crippen molar-refractivity contribution < 1.29 is 22.6 Å². The van der Waals surface area contributed by atoms with Crippen LogP contribution in [-0.2, 0) is 15.7 Å². The summed E-state index contributed by atoms with van der Waals surface area (Å²) in [4.78, 5) is 0. The molecule has 1 heterocycles. The predicted octanol–water partition coefficient (Wildman–Crippen LogP) is 3.98. The zero-order chi connectivity index (χ0) is 11.8. The molecule has 0 unspecified atom stereocenters. The van der Waals surface area contributed by atoms with E-state index in [1.54, 1.807) is 0 Å². The zero-order valence-corrected chi connectivity index (χ0v) is 9.38. The molecule has 1 aromatic carbocycles. The molecule has 0 N–H and O–H groups in total. The van der Waals surface area contributed by atoms with Gasteiger partial charge in [-0.15, -0.1) is 0 Å². The number of hydrogen-bond donors (Lipinski definition) is 0. The maximum atomic E-state index is 12.5. The van der Waals surface area contributed by atoms with Gasteiger partial charge in [-0.2, -0.15) is 13.2 Å². The first-order valence-electron chi connectivity index (χ1n) is 4.30. The third-order valence-electron chi connectivity index (χ3n) is 1.98. The summed E-state index contributed by atoms with van der Waals surface area (Å²) in [5.74, 6) is 0. The number of alkyl halides is 3. The topological polar surface area (TPSA) is 18.5 Å². The zero-order valence-electron chi connectivity index (χ0n) is 7.79. The van der Waals surface area contributed by atoms with Gasteiger partial charge in [0.15, 0.2) is 0 Å². The molecule has 0 aliphatic carbocycles. The van der Waals surface area contributed by atoms with Gasteiger partial charge < -0.3 is 9.47 Å². The van der Waals surface area contributed by atoms with E-state index in [2.05, 4.69) is 15.9 Å². The molecule has 1 aromatic rings. The third-order valence-corrected chi connectivity index (χ3v) is 2.44. The largest absolute Gasteiger partial charge is 0.455 e. The fraction of sp³-hybridized carbons (Fsp3) is 0.200. The lowest BCUT2D eigenvalue weighted by Gasteiger charge is -2.14. The van der Waals surface area contributed by atoms with Crippen molar-refractivity contribution in [2.45, 2.75) is 12.5 Å². The first-order valence-corrected chi connectivity index (χ1v) is 5.10. The van der Waals surface area contributed by atoms with E-state index < -0.39 is 18.0 Å². The van der Waals surface area contributed by atoms with Crippen LogP contribution in [0.3, 0.4) is 0 Å². The van der Waals surface area contributed by atoms with Crippen LogP contribution in [0.25, 0.3) is 0 Å². The molecular weight excluding hydrogens is 289 g/mol. The fourth-order valence-corrected chi connectivity index (χ4v) is 1.82. The van der Waals surface area contributed by atoms with Gasteiger partial charge in [0.25, 0.3) is 6.29 Å². The Labute approximate surface area is 97.8 Å². The summed E-state index contributed by atoms with van der Waals surface area (Å²) >= 11 is 3.02. The van der Waals surface area contributed by atoms with Gasteiger partial charge >= 0.3 is 6.18 Å². The van der Waals surface area contributed by atoms with Crippen molar-refractivity contribution in [1.82, 2.24) is 0 Å². The number of ether oxygens (including phenoxy) is 2. The van der Waals surface area contributed by atoms with E-state index in [9.17, 15) is 13.2 Å². The van der Waals surface area contributed by atoms with Crippen LogP contribution in [0.5, 0.6) is 0 Å². The maximum Gasteiger partial charge on any atom is 0.416 e. The Bertz CT molecular complexity index is 421. The Morgan fingerprint density at radius 2 is 1.69 bits per heavy atom. The van der Waals surface area contributed by atoms with Crippen LogP contribution in [0.4, 0.5) is 13.2 Å². The normalized spacial score (nSPS) is 16.0. The minimum absolute atomic E-state index is 0.312. The molecule has 1 aliphatic heterocycles. The van der Waals surface area contributed by atoms with E-state index in [1.165, 1.54) is 18.6 Å². The lowest BCUT2D eigenvalue weighted by atomic mass is 10.1. The SMILES string of the molecule is FC(F)(F)c1cc(Br)cc(C2OC=CO2)c1. The number of halogens is 4. The Morgan fingerprint density at radius 1 is 1.06 bits per heavy atom. The van der Waals surface area contributed by atoms with Gasteiger partial charge in [0, 0.05) is 10.0 Å². The van der Waals surface area contributed by atoms with E-state index in [0.29, 0.717) is 10.0 Å². The average Bonchev–Trinajstić information content (AvgIpc) is 2.68. The standard InChI is InChI=1S/C10H6BrF3O2/c11-8-4-6(9-15-1-2-16-9)3-7(5-8)10(12,13)14/h1-5,9H. The summed E-state index contributed by atoms with van der Waals surface area (Å²) in [5.41, 5.74) is -0.428. The second-order valence-corrected chi connectivity index (χ2v) is 4.06. The first-order chi connectivity index (χ1) is 7.47. The molecule has 0 radical (unpaired) electrons. The second-order valence-electron chi connectivity index (χ2n) is 3.15. The predicted molar refractivity (Wildman–Crippen MR) is 53.2 cm³/mol.